The van der Waals surface area contributed by atoms with Crippen molar-refractivity contribution in [1.82, 2.24) is 24.6 Å². The average Bonchev–Trinajstić information content (AvgIpc) is 4.03. The molecule has 68 heavy (non-hydrogen) atoms. The molecule has 0 bridgehead atoms. The third-order valence-electron chi connectivity index (χ3n) is 14.6. The minimum Gasteiger partial charge on any atom is -0.455 e. The van der Waals surface area contributed by atoms with Crippen molar-refractivity contribution in [2.24, 2.45) is 9.78 Å². The normalized spacial score (nSPS) is 21.1. The maximum atomic E-state index is 14.0. The molecule has 3 aliphatic heterocycles. The van der Waals surface area contributed by atoms with Gasteiger partial charge in [-0.3, -0.25) is 19.8 Å². The van der Waals surface area contributed by atoms with Crippen LogP contribution < -0.4 is 19.7 Å². The number of rotatable bonds is 16. The van der Waals surface area contributed by atoms with Crippen molar-refractivity contribution in [2.75, 3.05) is 54.5 Å². The number of aromatic nitrogens is 3. The Morgan fingerprint density at radius 1 is 0.985 bits per heavy atom. The second-order valence-electron chi connectivity index (χ2n) is 18.6. The molecule has 19 heteroatoms. The van der Waals surface area contributed by atoms with Gasteiger partial charge in [0.25, 0.3) is 15.9 Å². The molecular formula is C49H61N9O8S2. The Kier molecular flexibility index (Phi) is 13.8. The summed E-state index contributed by atoms with van der Waals surface area (Å²) in [5.74, 6) is 0.281. The van der Waals surface area contributed by atoms with Gasteiger partial charge in [0.1, 0.15) is 22.0 Å². The molecule has 5 aromatic rings. The van der Waals surface area contributed by atoms with Crippen molar-refractivity contribution in [3.63, 3.8) is 0 Å². The Labute approximate surface area is 398 Å². The zero-order valence-electron chi connectivity index (χ0n) is 38.9. The molecule has 9 rings (SSSR count). The molecule has 4 aliphatic rings. The van der Waals surface area contributed by atoms with Gasteiger partial charge in [0.05, 0.1) is 41.6 Å². The van der Waals surface area contributed by atoms with E-state index in [-0.39, 0.29) is 42.4 Å². The molecule has 2 unspecified atom stereocenters. The monoisotopic (exact) mass is 967 g/mol. The minimum atomic E-state index is -4.67. The number of H-pyrrole nitrogens is 1. The largest absolute Gasteiger partial charge is 0.455 e. The number of pyridine rings is 2. The number of carbonyl (C=O) groups excluding carboxylic acids is 1. The number of fused-ring (bicyclic) bond motifs is 1. The van der Waals surface area contributed by atoms with Crippen LogP contribution in [0.4, 0.5) is 17.2 Å². The number of hydrogen-bond donors (Lipinski definition) is 3. The quantitative estimate of drug-likeness (QED) is 0.0627. The third kappa shape index (κ3) is 10.1. The number of piperidine rings is 1. The standard InChI is InChI=1S/C49H61N9O8S2/c1-4-33-10-7-8-11-41(33)43-12-9-21-57(43)37-27-49(28-37)18-22-56(23-19-49)36-14-16-42(45(25-36)66-39-24-34-17-20-50-46(34)51-30-39)48(59)55-68(63,64)40-26-44(58(60)61)47(53-31-40)52-29-38-15-13-35(32-65-38)54-67(62,5-2)6-3/h7-8,10-11,14,16-17,20,24-26,30-31,35,37-38,43H,4-6,9,12-13,15,18-19,21-23,27-29,32H2,1-3H3,(H,50,51)(H,52,53)(H,55,59)/t35?,38?,43-/m1/s1. The van der Waals surface area contributed by atoms with Crippen molar-refractivity contribution in [3.05, 3.63) is 106 Å². The number of nitrogens with zero attached hydrogens (tertiary/aromatic N) is 6. The predicted octanol–water partition coefficient (Wildman–Crippen LogP) is 8.39. The van der Waals surface area contributed by atoms with E-state index >= 15 is 0 Å². The van der Waals surface area contributed by atoms with Crippen LogP contribution in [0, 0.1) is 15.5 Å². The number of hydrogen-bond acceptors (Lipinski definition) is 14. The minimum absolute atomic E-state index is 0.0541. The fraction of sp³-hybridized carbons (Fsp3) is 0.490. The molecule has 1 amide bonds. The molecule has 3 atom stereocenters. The average molecular weight is 968 g/mol. The van der Waals surface area contributed by atoms with Gasteiger partial charge in [0, 0.05) is 82.4 Å². The van der Waals surface area contributed by atoms with Crippen LogP contribution in [0.3, 0.4) is 0 Å². The summed E-state index contributed by atoms with van der Waals surface area (Å²) in [4.78, 5) is 41.6. The molecule has 3 N–H and O–H groups in total. The first-order valence-electron chi connectivity index (χ1n) is 23.9. The number of aryl methyl sites for hydroxylation is 1. The lowest BCUT2D eigenvalue weighted by atomic mass is 9.59. The Morgan fingerprint density at radius 2 is 1.78 bits per heavy atom. The van der Waals surface area contributed by atoms with Crippen LogP contribution >= 0.6 is 0 Å². The van der Waals surface area contributed by atoms with Gasteiger partial charge < -0.3 is 24.7 Å². The highest BCUT2D eigenvalue weighted by Crippen LogP contribution is 2.54. The van der Waals surface area contributed by atoms with E-state index in [0.29, 0.717) is 53.2 Å². The number of aromatic amines is 1. The first kappa shape index (κ1) is 47.4. The van der Waals surface area contributed by atoms with E-state index in [0.717, 1.165) is 62.2 Å². The van der Waals surface area contributed by atoms with Crippen molar-refractivity contribution >= 4 is 53.9 Å². The van der Waals surface area contributed by atoms with Gasteiger partial charge in [-0.2, -0.15) is 0 Å². The number of anilines is 2. The van der Waals surface area contributed by atoms with Gasteiger partial charge in [-0.25, -0.2) is 31.7 Å². The lowest BCUT2D eigenvalue weighted by molar-refractivity contribution is -0.384. The van der Waals surface area contributed by atoms with E-state index < -0.39 is 41.2 Å². The second-order valence-corrected chi connectivity index (χ2v) is 23.2. The zero-order chi connectivity index (χ0) is 47.6. The molecule has 17 nitrogen and oxygen atoms in total. The van der Waals surface area contributed by atoms with E-state index in [1.54, 1.807) is 30.5 Å². The Bertz CT molecular complexity index is 2890. The molecule has 1 saturated carbocycles. The highest BCUT2D eigenvalue weighted by atomic mass is 32.2. The van der Waals surface area contributed by atoms with Crippen molar-refractivity contribution < 1.29 is 31.8 Å². The number of amides is 1. The number of nitro groups is 1. The molecule has 362 valence electrons. The summed E-state index contributed by atoms with van der Waals surface area (Å²) in [7, 11) is -6.94. The van der Waals surface area contributed by atoms with E-state index in [2.05, 4.69) is 70.3 Å². The molecule has 1 spiro atoms. The molecular weight excluding hydrogens is 907 g/mol. The van der Waals surface area contributed by atoms with Gasteiger partial charge >= 0.3 is 5.69 Å². The lowest BCUT2D eigenvalue weighted by Gasteiger charge is -2.56. The second kappa shape index (κ2) is 19.8. The smallest absolute Gasteiger partial charge is 0.312 e. The zero-order valence-corrected chi connectivity index (χ0v) is 40.5. The summed E-state index contributed by atoms with van der Waals surface area (Å²) >= 11 is 0. The van der Waals surface area contributed by atoms with Gasteiger partial charge in [0.2, 0.25) is 5.82 Å². The van der Waals surface area contributed by atoms with Crippen LogP contribution in [-0.2, 0) is 30.9 Å². The lowest BCUT2D eigenvalue weighted by Crippen LogP contribution is -2.54. The number of sulfonamides is 1. The molecule has 6 heterocycles. The van der Waals surface area contributed by atoms with Crippen molar-refractivity contribution in [3.8, 4) is 11.5 Å². The van der Waals surface area contributed by atoms with E-state index in [1.807, 2.05) is 19.9 Å². The number of nitrogens with one attached hydrogen (secondary N) is 3. The topological polar surface area (TPSA) is 214 Å². The van der Waals surface area contributed by atoms with Crippen LogP contribution in [0.25, 0.3) is 11.0 Å². The third-order valence-corrected chi connectivity index (χ3v) is 18.3. The van der Waals surface area contributed by atoms with Gasteiger partial charge in [-0.1, -0.05) is 45.0 Å². The van der Waals surface area contributed by atoms with Crippen molar-refractivity contribution in [2.45, 2.75) is 108 Å². The fourth-order valence-electron chi connectivity index (χ4n) is 10.6. The summed E-state index contributed by atoms with van der Waals surface area (Å²) in [6.45, 7) is 9.19. The fourth-order valence-corrected chi connectivity index (χ4v) is 13.0. The van der Waals surface area contributed by atoms with Crippen molar-refractivity contribution in [1.29, 1.82) is 0 Å². The molecule has 4 fully saturated rings. The van der Waals surface area contributed by atoms with Crippen LogP contribution in [0.5, 0.6) is 11.5 Å². The van der Waals surface area contributed by atoms with E-state index in [1.165, 1.54) is 43.0 Å². The number of ether oxygens (including phenoxy) is 2. The van der Waals surface area contributed by atoms with Crippen LogP contribution in [-0.4, -0.2) is 106 Å². The SMILES string of the molecule is CCc1ccccc1[C@H]1CCCN1C1CC2(CCN(c3ccc(C(=O)NS(=O)(=O)c4cnc(NCC5CCC(N=S(=O)(CC)CC)CO5)c([N+](=O)[O-])c4)c(Oc4cnc5[nH]ccc5c4)c3)CC2)C1. The van der Waals surface area contributed by atoms with Crippen LogP contribution in [0.2, 0.25) is 0 Å². The maximum absolute atomic E-state index is 14.0. The van der Waals surface area contributed by atoms with Crippen LogP contribution in [0.1, 0.15) is 99.7 Å². The maximum Gasteiger partial charge on any atom is 0.312 e. The van der Waals surface area contributed by atoms with Gasteiger partial charge in [0.15, 0.2) is 0 Å². The summed E-state index contributed by atoms with van der Waals surface area (Å²) < 4.78 is 59.3. The number of carbonyl (C=O) groups is 1. The summed E-state index contributed by atoms with van der Waals surface area (Å²) in [6, 6.07) is 19.4. The summed E-state index contributed by atoms with van der Waals surface area (Å²) in [5.41, 5.74) is 4.09. The summed E-state index contributed by atoms with van der Waals surface area (Å²) in [5, 5.41) is 15.9. The van der Waals surface area contributed by atoms with Gasteiger partial charge in [-0.15, -0.1) is 0 Å². The van der Waals surface area contributed by atoms with Gasteiger partial charge in [-0.05, 0) is 105 Å². The summed E-state index contributed by atoms with van der Waals surface area (Å²) in [6.07, 6.45) is 13.1. The first-order chi connectivity index (χ1) is 32.8. The Balaban J connectivity index is 0.874. The van der Waals surface area contributed by atoms with E-state index in [4.69, 9.17) is 9.47 Å². The number of likely N-dealkylation sites (tertiary alicyclic amines) is 1. The Hall–Kier alpha value is -5.63. The molecule has 3 aromatic heterocycles. The predicted molar refractivity (Wildman–Crippen MR) is 262 cm³/mol. The molecule has 0 radical (unpaired) electrons. The number of benzene rings is 2. The van der Waals surface area contributed by atoms with E-state index in [9.17, 15) is 27.5 Å². The molecule has 2 aromatic carbocycles. The first-order valence-corrected chi connectivity index (χ1v) is 27.2. The Morgan fingerprint density at radius 3 is 2.51 bits per heavy atom. The van der Waals surface area contributed by atoms with Crippen LogP contribution in [0.15, 0.2) is 88.5 Å². The molecule has 3 saturated heterocycles. The highest BCUT2D eigenvalue weighted by molar-refractivity contribution is 7.93. The highest BCUT2D eigenvalue weighted by Gasteiger charge is 2.50. The molecule has 1 aliphatic carbocycles.